The van der Waals surface area contributed by atoms with Crippen LogP contribution in [0.2, 0.25) is 0 Å². The summed E-state index contributed by atoms with van der Waals surface area (Å²) in [6.07, 6.45) is 0.312. The Morgan fingerprint density at radius 3 is 1.64 bits per heavy atom. The first-order chi connectivity index (χ1) is 13.8. The quantitative estimate of drug-likeness (QED) is 0.485. The van der Waals surface area contributed by atoms with Gasteiger partial charge in [0, 0.05) is 6.07 Å². The highest BCUT2D eigenvalue weighted by molar-refractivity contribution is 7.10. The molecule has 2 heterocycles. The van der Waals surface area contributed by atoms with Gasteiger partial charge in [-0.25, -0.2) is 4.39 Å². The predicted octanol–water partition coefficient (Wildman–Crippen LogP) is 3.97. The van der Waals surface area contributed by atoms with E-state index in [-0.39, 0.29) is 5.83 Å². The molecule has 3 aromatic carbocycles. The van der Waals surface area contributed by atoms with Crippen molar-refractivity contribution in [2.75, 3.05) is 0 Å². The Kier molecular flexibility index (Phi) is 3.94. The van der Waals surface area contributed by atoms with E-state index in [1.54, 1.807) is 0 Å². The van der Waals surface area contributed by atoms with Gasteiger partial charge in [-0.2, -0.15) is 0 Å². The first-order valence-corrected chi connectivity index (χ1v) is 9.57. The van der Waals surface area contributed by atoms with Gasteiger partial charge in [0.2, 0.25) is 0 Å². The van der Waals surface area contributed by atoms with Crippen molar-refractivity contribution in [1.82, 2.24) is 0 Å². The minimum absolute atomic E-state index is 0.153. The molecule has 134 valence electrons. The Hall–Kier alpha value is -3.46. The second kappa shape index (κ2) is 6.61. The molecule has 0 saturated heterocycles. The molecule has 0 radical (unpaired) electrons. The lowest BCUT2D eigenvalue weighted by molar-refractivity contribution is -0.540. The monoisotopic (exact) mass is 363 g/mol. The van der Waals surface area contributed by atoms with Crippen LogP contribution >= 0.6 is 0 Å². The summed E-state index contributed by atoms with van der Waals surface area (Å²) in [5, 5.41) is 0. The first kappa shape index (κ1) is 16.7. The van der Waals surface area contributed by atoms with Crippen molar-refractivity contribution in [2.45, 2.75) is 0 Å². The highest BCUT2D eigenvalue weighted by Gasteiger charge is 2.52. The first-order valence-electron chi connectivity index (χ1n) is 9.57. The fourth-order valence-electron chi connectivity index (χ4n) is 4.74. The number of benzene rings is 3. The molecule has 0 amide bonds. The normalized spacial score (nSPS) is 14.8. The van der Waals surface area contributed by atoms with Crippen LogP contribution in [0.1, 0.15) is 11.3 Å². The highest BCUT2D eigenvalue weighted by Crippen LogP contribution is 2.37. The van der Waals surface area contributed by atoms with E-state index in [1.807, 2.05) is 91.1 Å². The third-order valence-electron chi connectivity index (χ3n) is 5.84. The largest absolute Gasteiger partial charge is 0.406 e. The summed E-state index contributed by atoms with van der Waals surface area (Å²) in [6, 6.07) is 36.2. The number of nitrogens with zero attached hydrogens (tertiary/aromatic N) is 1. The van der Waals surface area contributed by atoms with E-state index < -0.39 is 6.28 Å². The molecule has 0 unspecified atom stereocenters. The van der Waals surface area contributed by atoms with Gasteiger partial charge in [0.25, 0.3) is 0 Å². The lowest BCUT2D eigenvalue weighted by atomic mass is 9.23. The SMILES string of the molecule is FC1=C(c2ccccc2)[B-](c2ccccc2)(c2ccccc2)[n+]2ccccc21. The topological polar surface area (TPSA) is 3.88 Å². The van der Waals surface area contributed by atoms with Crippen molar-refractivity contribution in [3.63, 3.8) is 0 Å². The third kappa shape index (κ3) is 2.29. The van der Waals surface area contributed by atoms with Crippen LogP contribution in [-0.4, -0.2) is 6.28 Å². The molecule has 1 aliphatic rings. The van der Waals surface area contributed by atoms with Gasteiger partial charge in [-0.3, -0.25) is 0 Å². The molecule has 0 fully saturated rings. The predicted molar refractivity (Wildman–Crippen MR) is 114 cm³/mol. The molecule has 1 nitrogen and oxygen atoms in total. The summed E-state index contributed by atoms with van der Waals surface area (Å²) in [4.78, 5) is 0. The zero-order valence-corrected chi connectivity index (χ0v) is 15.4. The summed E-state index contributed by atoms with van der Waals surface area (Å²) < 4.78 is 18.1. The fraction of sp³-hybridized carbons (Fsp3) is 0. The summed E-state index contributed by atoms with van der Waals surface area (Å²) >= 11 is 0. The van der Waals surface area contributed by atoms with Crippen molar-refractivity contribution < 1.29 is 8.87 Å². The van der Waals surface area contributed by atoms with Crippen LogP contribution < -0.4 is 15.4 Å². The van der Waals surface area contributed by atoms with E-state index in [0.717, 1.165) is 22.0 Å². The van der Waals surface area contributed by atoms with E-state index in [4.69, 9.17) is 0 Å². The summed E-state index contributed by atoms with van der Waals surface area (Å²) in [7, 11) is 0. The van der Waals surface area contributed by atoms with Crippen molar-refractivity contribution in [1.29, 1.82) is 0 Å². The average Bonchev–Trinajstić information content (AvgIpc) is 3.05. The Morgan fingerprint density at radius 2 is 1.07 bits per heavy atom. The molecule has 0 spiro atoms. The van der Waals surface area contributed by atoms with Crippen molar-refractivity contribution in [2.24, 2.45) is 0 Å². The number of fused-ring (bicyclic) bond motifs is 1. The van der Waals surface area contributed by atoms with Gasteiger partial charge in [-0.1, -0.05) is 108 Å². The van der Waals surface area contributed by atoms with E-state index in [0.29, 0.717) is 5.69 Å². The molecule has 5 rings (SSSR count). The van der Waals surface area contributed by atoms with Crippen LogP contribution in [0.5, 0.6) is 0 Å². The Bertz CT molecular complexity index is 1120. The maximum Gasteiger partial charge on any atom is 0.364 e. The van der Waals surface area contributed by atoms with E-state index in [1.165, 1.54) is 0 Å². The number of hydrogen-bond acceptors (Lipinski definition) is 0. The standard InChI is InChI=1S/C25H19BFN/c27-25-23-18-10-11-19-28(23)26(21-14-6-2-7-15-21,22-16-8-3-9-17-22)24(25)20-12-4-1-5-13-20/h1-19H. The Labute approximate surface area is 164 Å². The van der Waals surface area contributed by atoms with Gasteiger partial charge in [0.05, 0.1) is 0 Å². The van der Waals surface area contributed by atoms with Crippen molar-refractivity contribution in [3.8, 4) is 0 Å². The van der Waals surface area contributed by atoms with Crippen LogP contribution in [0.15, 0.2) is 115 Å². The van der Waals surface area contributed by atoms with E-state index in [9.17, 15) is 0 Å². The van der Waals surface area contributed by atoms with E-state index >= 15 is 4.39 Å². The van der Waals surface area contributed by atoms with Gasteiger partial charge in [0.1, 0.15) is 6.20 Å². The van der Waals surface area contributed by atoms with Crippen LogP contribution in [-0.2, 0) is 0 Å². The molecular formula is C25H19BFN. The van der Waals surface area contributed by atoms with Crippen molar-refractivity contribution >= 4 is 28.5 Å². The van der Waals surface area contributed by atoms with Crippen LogP contribution in [0.3, 0.4) is 0 Å². The van der Waals surface area contributed by atoms with E-state index in [2.05, 4.69) is 28.7 Å². The number of pyridine rings is 1. The molecule has 4 aromatic rings. The maximum absolute atomic E-state index is 16.0. The zero-order valence-electron chi connectivity index (χ0n) is 15.4. The smallest absolute Gasteiger partial charge is 0.364 e. The summed E-state index contributed by atoms with van der Waals surface area (Å²) in [6.45, 7) is 0. The van der Waals surface area contributed by atoms with Gasteiger partial charge < -0.3 is 4.48 Å². The molecule has 0 saturated carbocycles. The molecule has 0 N–H and O–H groups in total. The molecule has 1 aromatic heterocycles. The fourth-order valence-corrected chi connectivity index (χ4v) is 4.74. The molecule has 0 atom stereocenters. The van der Waals surface area contributed by atoms with Gasteiger partial charge in [-0.05, 0) is 6.07 Å². The summed E-state index contributed by atoms with van der Waals surface area (Å²) in [5.41, 5.74) is 4.46. The molecule has 3 heteroatoms. The van der Waals surface area contributed by atoms with Gasteiger partial charge in [0.15, 0.2) is 11.5 Å². The molecule has 0 aliphatic carbocycles. The lowest BCUT2D eigenvalue weighted by Gasteiger charge is -2.35. The van der Waals surface area contributed by atoms with Crippen LogP contribution in [0.25, 0.3) is 11.3 Å². The molecular weight excluding hydrogens is 344 g/mol. The summed E-state index contributed by atoms with van der Waals surface area (Å²) in [5.74, 6) is -0.153. The van der Waals surface area contributed by atoms with Gasteiger partial charge in [-0.15, -0.1) is 10.9 Å². The Morgan fingerprint density at radius 1 is 0.571 bits per heavy atom. The molecule has 0 bridgehead atoms. The minimum Gasteiger partial charge on any atom is -0.406 e. The highest BCUT2D eigenvalue weighted by atomic mass is 19.1. The van der Waals surface area contributed by atoms with Crippen LogP contribution in [0, 0.1) is 0 Å². The molecule has 28 heavy (non-hydrogen) atoms. The maximum atomic E-state index is 16.0. The second-order valence-electron chi connectivity index (χ2n) is 7.23. The number of rotatable bonds is 3. The van der Waals surface area contributed by atoms with Crippen molar-refractivity contribution in [3.05, 3.63) is 127 Å². The molecule has 1 aliphatic heterocycles. The van der Waals surface area contributed by atoms with Crippen LogP contribution in [0.4, 0.5) is 4.39 Å². The number of hydrogen-bond donors (Lipinski definition) is 0. The number of halogens is 1. The Balaban J connectivity index is 1.96. The third-order valence-corrected chi connectivity index (χ3v) is 5.84. The lowest BCUT2D eigenvalue weighted by Crippen LogP contribution is -2.78. The van der Waals surface area contributed by atoms with Gasteiger partial charge >= 0.3 is 6.28 Å². The average molecular weight is 363 g/mol. The second-order valence-corrected chi connectivity index (χ2v) is 7.23. The minimum atomic E-state index is -1.69. The number of aromatic nitrogens is 1. The zero-order chi connectivity index (χ0) is 19.0.